The summed E-state index contributed by atoms with van der Waals surface area (Å²) in [6, 6.07) is 0. The maximum Gasteiger partial charge on any atom is 1.00 e. The minimum absolute atomic E-state index is 0. The first-order valence-electron chi connectivity index (χ1n) is 3.29. The first-order valence-corrected chi connectivity index (χ1v) is 3.29. The summed E-state index contributed by atoms with van der Waals surface area (Å²) in [5.41, 5.74) is 0. The van der Waals surface area contributed by atoms with Crippen LogP contribution in [-0.4, -0.2) is 57.8 Å². The Labute approximate surface area is 220 Å². The molecule has 0 saturated carbocycles. The Bertz CT molecular complexity index is 198. The summed E-state index contributed by atoms with van der Waals surface area (Å²) in [5, 5.41) is 24.8. The number of carboxylic acid groups (broad SMARTS) is 3. The fraction of sp³-hybridized carbons (Fsp3) is 0.500. The molecule has 0 aromatic rings. The van der Waals surface area contributed by atoms with Crippen molar-refractivity contribution in [3.05, 3.63) is 0 Å². The molecule has 0 saturated heterocycles. The van der Waals surface area contributed by atoms with Crippen LogP contribution in [0, 0.1) is 0 Å². The van der Waals surface area contributed by atoms with Crippen LogP contribution in [-0.2, 0) is 14.4 Å². The van der Waals surface area contributed by atoms with E-state index in [1.165, 1.54) is 0 Å². The largest absolute Gasteiger partial charge is 1.00 e. The summed E-state index contributed by atoms with van der Waals surface area (Å²) < 4.78 is 0. The number of nitrogens with zero attached hydrogens (tertiary/aromatic N) is 1. The first kappa shape index (κ1) is 27.6. The Morgan fingerprint density at radius 2 is 0.875 bits per heavy atom. The van der Waals surface area contributed by atoms with Gasteiger partial charge in [0.25, 0.3) is 0 Å². The smallest absolute Gasteiger partial charge is 0.480 e. The predicted octanol–water partition coefficient (Wildman–Crippen LogP) is -10.4. The van der Waals surface area contributed by atoms with Gasteiger partial charge in [-0.05, 0) is 0 Å². The zero-order valence-electron chi connectivity index (χ0n) is 9.63. The molecule has 0 amide bonds. The number of hydrogen-bond acceptors (Lipinski definition) is 4. The zero-order valence-corrected chi connectivity index (χ0v) is 19.0. The van der Waals surface area contributed by atoms with E-state index in [1.807, 2.05) is 0 Å². The van der Waals surface area contributed by atoms with Crippen LogP contribution in [0.4, 0.5) is 0 Å². The molecule has 0 aliphatic heterocycles. The van der Waals surface area contributed by atoms with Crippen LogP contribution < -0.4 is 154 Å². The Balaban J connectivity index is -0.000000240. The average molecular weight is 308 g/mol. The Hall–Kier alpha value is 3.28. The molecule has 0 radical (unpaired) electrons. The van der Waals surface area contributed by atoms with Crippen molar-refractivity contribution in [1.29, 1.82) is 0 Å². The molecular weight excluding hydrogens is 299 g/mol. The van der Waals surface area contributed by atoms with Crippen molar-refractivity contribution in [2.75, 3.05) is 19.6 Å². The average Bonchev–Trinajstić information content (AvgIpc) is 1.80. The van der Waals surface area contributed by atoms with Crippen molar-refractivity contribution in [3.8, 4) is 0 Å². The molecular formula is C6H9K3NO6+3. The first-order chi connectivity index (χ1) is 5.91. The molecule has 74 valence electrons. The standard InChI is InChI=1S/C6H9NO6.3K/c8-4(9)1-7(2-5(10)11)3-6(12)13;;;/h1-3H2,(H,8,9)(H,10,11)(H,12,13);;;/q;3*+1. The Morgan fingerprint density at radius 3 is 1.00 bits per heavy atom. The molecule has 0 rings (SSSR count). The molecule has 0 aromatic heterocycles. The molecule has 7 nitrogen and oxygen atoms in total. The van der Waals surface area contributed by atoms with Crippen LogP contribution in [0.15, 0.2) is 0 Å². The second kappa shape index (κ2) is 16.3. The van der Waals surface area contributed by atoms with Crippen LogP contribution in [0.3, 0.4) is 0 Å². The molecule has 0 heterocycles. The Kier molecular flexibility index (Phi) is 28.2. The fourth-order valence-electron chi connectivity index (χ4n) is 0.742. The summed E-state index contributed by atoms with van der Waals surface area (Å²) in [7, 11) is 0. The Morgan fingerprint density at radius 1 is 0.688 bits per heavy atom. The molecule has 0 fully saturated rings. The number of carbonyl (C=O) groups is 3. The van der Waals surface area contributed by atoms with E-state index in [0.717, 1.165) is 4.90 Å². The van der Waals surface area contributed by atoms with Crippen molar-refractivity contribution in [2.24, 2.45) is 0 Å². The van der Waals surface area contributed by atoms with Gasteiger partial charge in [-0.25, -0.2) is 0 Å². The van der Waals surface area contributed by atoms with Crippen LogP contribution in [0.1, 0.15) is 0 Å². The van der Waals surface area contributed by atoms with Gasteiger partial charge in [0.05, 0.1) is 19.6 Å². The van der Waals surface area contributed by atoms with Crippen molar-refractivity contribution < 1.29 is 184 Å². The number of aliphatic carboxylic acids is 3. The summed E-state index contributed by atoms with van der Waals surface area (Å²) in [4.78, 5) is 31.2. The maximum absolute atomic E-state index is 10.1. The third-order valence-corrected chi connectivity index (χ3v) is 1.08. The van der Waals surface area contributed by atoms with Gasteiger partial charge in [0.1, 0.15) is 0 Å². The minimum Gasteiger partial charge on any atom is -0.480 e. The van der Waals surface area contributed by atoms with E-state index in [0.29, 0.717) is 0 Å². The molecule has 0 spiro atoms. The molecule has 0 unspecified atom stereocenters. The zero-order chi connectivity index (χ0) is 10.4. The summed E-state index contributed by atoms with van der Waals surface area (Å²) in [6.07, 6.45) is 0. The van der Waals surface area contributed by atoms with E-state index < -0.39 is 37.5 Å². The number of rotatable bonds is 6. The van der Waals surface area contributed by atoms with Gasteiger partial charge >= 0.3 is 172 Å². The molecule has 0 aliphatic carbocycles. The van der Waals surface area contributed by atoms with Crippen molar-refractivity contribution in [2.45, 2.75) is 0 Å². The topological polar surface area (TPSA) is 115 Å². The van der Waals surface area contributed by atoms with Gasteiger partial charge in [-0.15, -0.1) is 0 Å². The SMILES string of the molecule is O=C(O)CN(CC(=O)O)CC(=O)O.[K+].[K+].[K+]. The van der Waals surface area contributed by atoms with E-state index in [2.05, 4.69) is 0 Å². The maximum atomic E-state index is 10.1. The van der Waals surface area contributed by atoms with Crippen LogP contribution in [0.5, 0.6) is 0 Å². The minimum atomic E-state index is -1.26. The van der Waals surface area contributed by atoms with E-state index in [-0.39, 0.29) is 154 Å². The molecule has 0 bridgehead atoms. The normalized spacial score (nSPS) is 8.06. The summed E-state index contributed by atoms with van der Waals surface area (Å²) >= 11 is 0. The van der Waals surface area contributed by atoms with Gasteiger partial charge < -0.3 is 15.3 Å². The van der Waals surface area contributed by atoms with Crippen molar-refractivity contribution in [1.82, 2.24) is 4.90 Å². The van der Waals surface area contributed by atoms with Gasteiger partial charge in [0.2, 0.25) is 0 Å². The van der Waals surface area contributed by atoms with Gasteiger partial charge in [-0.3, -0.25) is 19.3 Å². The molecule has 3 N–H and O–H groups in total. The third-order valence-electron chi connectivity index (χ3n) is 1.08. The molecule has 0 atom stereocenters. The van der Waals surface area contributed by atoms with Crippen molar-refractivity contribution >= 4 is 17.9 Å². The van der Waals surface area contributed by atoms with Crippen LogP contribution >= 0.6 is 0 Å². The van der Waals surface area contributed by atoms with E-state index >= 15 is 0 Å². The van der Waals surface area contributed by atoms with Crippen LogP contribution in [0.25, 0.3) is 0 Å². The number of carboxylic acids is 3. The fourth-order valence-corrected chi connectivity index (χ4v) is 0.742. The van der Waals surface area contributed by atoms with E-state index in [9.17, 15) is 14.4 Å². The molecule has 10 heteroatoms. The molecule has 0 aliphatic rings. The molecule has 0 aromatic carbocycles. The van der Waals surface area contributed by atoms with Gasteiger partial charge in [0, 0.05) is 0 Å². The second-order valence-electron chi connectivity index (χ2n) is 2.33. The number of hydrogen-bond donors (Lipinski definition) is 3. The quantitative estimate of drug-likeness (QED) is 0.417. The monoisotopic (exact) mass is 308 g/mol. The van der Waals surface area contributed by atoms with Gasteiger partial charge in [-0.1, -0.05) is 0 Å². The predicted molar refractivity (Wildman–Crippen MR) is 39.3 cm³/mol. The van der Waals surface area contributed by atoms with Gasteiger partial charge in [-0.2, -0.15) is 0 Å². The third kappa shape index (κ3) is 19.6. The second-order valence-corrected chi connectivity index (χ2v) is 2.33. The van der Waals surface area contributed by atoms with Crippen LogP contribution in [0.2, 0.25) is 0 Å². The van der Waals surface area contributed by atoms with E-state index in [4.69, 9.17) is 15.3 Å². The van der Waals surface area contributed by atoms with E-state index in [1.54, 1.807) is 0 Å². The molecule has 16 heavy (non-hydrogen) atoms. The van der Waals surface area contributed by atoms with Gasteiger partial charge in [0.15, 0.2) is 0 Å². The summed E-state index contributed by atoms with van der Waals surface area (Å²) in [6.45, 7) is -1.80. The van der Waals surface area contributed by atoms with Crippen molar-refractivity contribution in [3.63, 3.8) is 0 Å². The summed E-state index contributed by atoms with van der Waals surface area (Å²) in [5.74, 6) is -3.78.